The number of H-pyrrole nitrogens is 1. The summed E-state index contributed by atoms with van der Waals surface area (Å²) in [5.74, 6) is 0.0961. The second kappa shape index (κ2) is 10.8. The molecule has 0 fully saturated rings. The molecule has 0 saturated heterocycles. The minimum atomic E-state index is -2.86. The SMILES string of the molecule is CC(CCN(C=O)c1ccc(-c2n[nH]c(=O)c3ccccc23)cc1)Nc1ccc(OC(F)F)cc1. The summed E-state index contributed by atoms with van der Waals surface area (Å²) in [6.07, 6.45) is 1.44. The van der Waals surface area contributed by atoms with Crippen LogP contribution in [0.15, 0.2) is 77.6 Å². The van der Waals surface area contributed by atoms with E-state index < -0.39 is 6.61 Å². The zero-order valence-electron chi connectivity index (χ0n) is 18.9. The van der Waals surface area contributed by atoms with Gasteiger partial charge in [-0.15, -0.1) is 0 Å². The molecule has 0 radical (unpaired) electrons. The highest BCUT2D eigenvalue weighted by Crippen LogP contribution is 2.26. The number of hydrogen-bond acceptors (Lipinski definition) is 5. The molecule has 3 aromatic carbocycles. The van der Waals surface area contributed by atoms with Crippen LogP contribution >= 0.6 is 0 Å². The van der Waals surface area contributed by atoms with Crippen LogP contribution in [0, 0.1) is 0 Å². The van der Waals surface area contributed by atoms with Gasteiger partial charge in [0.2, 0.25) is 6.41 Å². The number of carbonyl (C=O) groups excluding carboxylic acids is 1. The highest BCUT2D eigenvalue weighted by atomic mass is 19.3. The number of anilines is 2. The molecule has 0 bridgehead atoms. The Morgan fingerprint density at radius 2 is 1.71 bits per heavy atom. The smallest absolute Gasteiger partial charge is 0.387 e. The lowest BCUT2D eigenvalue weighted by atomic mass is 10.0. The molecule has 180 valence electrons. The summed E-state index contributed by atoms with van der Waals surface area (Å²) >= 11 is 0. The fourth-order valence-electron chi connectivity index (χ4n) is 3.81. The Labute approximate surface area is 200 Å². The van der Waals surface area contributed by atoms with E-state index in [0.717, 1.165) is 28.7 Å². The molecule has 4 aromatic rings. The average Bonchev–Trinajstić information content (AvgIpc) is 2.86. The maximum absolute atomic E-state index is 12.3. The standard InChI is InChI=1S/C26H24F2N4O3/c1-17(29-19-8-12-21(13-9-19)35-26(27)28)14-15-32(16-33)20-10-6-18(7-11-20)24-22-4-2-3-5-23(22)25(34)31-30-24/h2-13,16-17,26,29H,14-15H2,1H3,(H,31,34). The number of benzene rings is 3. The van der Waals surface area contributed by atoms with Crippen LogP contribution in [-0.4, -0.2) is 35.8 Å². The molecule has 35 heavy (non-hydrogen) atoms. The third-order valence-corrected chi connectivity index (χ3v) is 5.59. The van der Waals surface area contributed by atoms with Crippen LogP contribution < -0.4 is 20.5 Å². The summed E-state index contributed by atoms with van der Waals surface area (Å²) in [7, 11) is 0. The molecular formula is C26H24F2N4O3. The second-order valence-electron chi connectivity index (χ2n) is 8.03. The Kier molecular flexibility index (Phi) is 7.35. The number of alkyl halides is 2. The van der Waals surface area contributed by atoms with E-state index in [1.54, 1.807) is 29.2 Å². The number of nitrogens with one attached hydrogen (secondary N) is 2. The topological polar surface area (TPSA) is 87.3 Å². The molecule has 0 aliphatic rings. The molecule has 0 aliphatic heterocycles. The largest absolute Gasteiger partial charge is 0.435 e. The van der Waals surface area contributed by atoms with Gasteiger partial charge in [-0.05, 0) is 55.8 Å². The van der Waals surface area contributed by atoms with Gasteiger partial charge in [-0.3, -0.25) is 9.59 Å². The van der Waals surface area contributed by atoms with Crippen LogP contribution in [-0.2, 0) is 4.79 Å². The number of ether oxygens (including phenoxy) is 1. The predicted octanol–water partition coefficient (Wildman–Crippen LogP) is 5.05. The van der Waals surface area contributed by atoms with E-state index in [1.165, 1.54) is 12.1 Å². The summed E-state index contributed by atoms with van der Waals surface area (Å²) in [6.45, 7) is -0.407. The van der Waals surface area contributed by atoms with E-state index in [1.807, 2.05) is 43.3 Å². The fraction of sp³-hybridized carbons (Fsp3) is 0.192. The molecule has 1 heterocycles. The van der Waals surface area contributed by atoms with Crippen molar-refractivity contribution in [3.63, 3.8) is 0 Å². The van der Waals surface area contributed by atoms with Gasteiger partial charge in [-0.2, -0.15) is 13.9 Å². The monoisotopic (exact) mass is 478 g/mol. The van der Waals surface area contributed by atoms with E-state index >= 15 is 0 Å². The van der Waals surface area contributed by atoms with E-state index in [0.29, 0.717) is 24.0 Å². The number of aromatic amines is 1. The van der Waals surface area contributed by atoms with E-state index in [9.17, 15) is 18.4 Å². The quantitative estimate of drug-likeness (QED) is 0.312. The van der Waals surface area contributed by atoms with Gasteiger partial charge in [0, 0.05) is 34.9 Å². The van der Waals surface area contributed by atoms with Gasteiger partial charge >= 0.3 is 6.61 Å². The number of fused-ring (bicyclic) bond motifs is 1. The lowest BCUT2D eigenvalue weighted by molar-refractivity contribution is -0.107. The van der Waals surface area contributed by atoms with Gasteiger partial charge in [0.25, 0.3) is 5.56 Å². The van der Waals surface area contributed by atoms with Crippen LogP contribution in [0.5, 0.6) is 5.75 Å². The molecule has 9 heteroatoms. The third kappa shape index (κ3) is 5.81. The average molecular weight is 478 g/mol. The van der Waals surface area contributed by atoms with Crippen molar-refractivity contribution >= 4 is 28.6 Å². The van der Waals surface area contributed by atoms with Gasteiger partial charge in [-0.1, -0.05) is 30.3 Å². The molecule has 1 unspecified atom stereocenters. The van der Waals surface area contributed by atoms with Gasteiger partial charge in [0.15, 0.2) is 0 Å². The zero-order chi connectivity index (χ0) is 24.8. The maximum Gasteiger partial charge on any atom is 0.387 e. The Morgan fingerprint density at radius 3 is 2.37 bits per heavy atom. The Morgan fingerprint density at radius 1 is 1.03 bits per heavy atom. The van der Waals surface area contributed by atoms with Crippen molar-refractivity contribution in [3.05, 3.63) is 83.2 Å². The molecule has 7 nitrogen and oxygen atoms in total. The van der Waals surface area contributed by atoms with Crippen molar-refractivity contribution in [1.82, 2.24) is 10.2 Å². The maximum atomic E-state index is 12.3. The molecule has 1 amide bonds. The zero-order valence-corrected chi connectivity index (χ0v) is 18.9. The van der Waals surface area contributed by atoms with Crippen molar-refractivity contribution in [2.75, 3.05) is 16.8 Å². The molecule has 2 N–H and O–H groups in total. The van der Waals surface area contributed by atoms with Crippen molar-refractivity contribution in [1.29, 1.82) is 0 Å². The van der Waals surface area contributed by atoms with E-state index in [-0.39, 0.29) is 17.4 Å². The van der Waals surface area contributed by atoms with Crippen LogP contribution in [0.2, 0.25) is 0 Å². The first-order valence-corrected chi connectivity index (χ1v) is 11.1. The molecule has 0 spiro atoms. The van der Waals surface area contributed by atoms with E-state index in [4.69, 9.17) is 0 Å². The summed E-state index contributed by atoms with van der Waals surface area (Å²) in [4.78, 5) is 25.4. The number of aromatic nitrogens is 2. The van der Waals surface area contributed by atoms with Crippen LogP contribution in [0.4, 0.5) is 20.2 Å². The lowest BCUT2D eigenvalue weighted by Crippen LogP contribution is -2.27. The minimum Gasteiger partial charge on any atom is -0.435 e. The number of carbonyl (C=O) groups is 1. The van der Waals surface area contributed by atoms with Gasteiger partial charge in [0.1, 0.15) is 5.75 Å². The molecule has 1 atom stereocenters. The number of rotatable bonds is 10. The number of halogens is 2. The van der Waals surface area contributed by atoms with Crippen molar-refractivity contribution in [2.45, 2.75) is 26.0 Å². The van der Waals surface area contributed by atoms with Crippen molar-refractivity contribution in [2.24, 2.45) is 0 Å². The fourth-order valence-corrected chi connectivity index (χ4v) is 3.81. The van der Waals surface area contributed by atoms with Crippen molar-refractivity contribution < 1.29 is 18.3 Å². The highest BCUT2D eigenvalue weighted by Gasteiger charge is 2.12. The summed E-state index contributed by atoms with van der Waals surface area (Å²) < 4.78 is 28.9. The third-order valence-electron chi connectivity index (χ3n) is 5.59. The molecule has 1 aromatic heterocycles. The first-order chi connectivity index (χ1) is 16.9. The first kappa shape index (κ1) is 23.9. The van der Waals surface area contributed by atoms with Gasteiger partial charge in [0.05, 0.1) is 11.1 Å². The van der Waals surface area contributed by atoms with Crippen LogP contribution in [0.25, 0.3) is 22.0 Å². The summed E-state index contributed by atoms with van der Waals surface area (Å²) in [5, 5.41) is 11.4. The number of hydrogen-bond donors (Lipinski definition) is 2. The number of nitrogens with zero attached hydrogens (tertiary/aromatic N) is 2. The summed E-state index contributed by atoms with van der Waals surface area (Å²) in [6, 6.07) is 21.0. The van der Waals surface area contributed by atoms with Gasteiger partial charge < -0.3 is 15.0 Å². The Balaban J connectivity index is 1.39. The summed E-state index contributed by atoms with van der Waals surface area (Å²) in [5.41, 5.74) is 2.74. The Bertz CT molecular complexity index is 1340. The second-order valence-corrected chi connectivity index (χ2v) is 8.03. The Hall–Kier alpha value is -4.27. The highest BCUT2D eigenvalue weighted by molar-refractivity contribution is 5.94. The molecule has 0 aliphatic carbocycles. The predicted molar refractivity (Wildman–Crippen MR) is 132 cm³/mol. The normalized spacial score (nSPS) is 11.9. The molecule has 0 saturated carbocycles. The van der Waals surface area contributed by atoms with E-state index in [2.05, 4.69) is 20.3 Å². The number of amides is 1. The lowest BCUT2D eigenvalue weighted by Gasteiger charge is -2.21. The molecule has 4 rings (SSSR count). The van der Waals surface area contributed by atoms with Crippen molar-refractivity contribution in [3.8, 4) is 17.0 Å². The minimum absolute atomic E-state index is 0.0234. The van der Waals surface area contributed by atoms with Gasteiger partial charge in [-0.25, -0.2) is 5.10 Å². The first-order valence-electron chi connectivity index (χ1n) is 11.1. The van der Waals surface area contributed by atoms with Crippen LogP contribution in [0.3, 0.4) is 0 Å². The van der Waals surface area contributed by atoms with Crippen LogP contribution in [0.1, 0.15) is 13.3 Å². The molecular weight excluding hydrogens is 454 g/mol.